The van der Waals surface area contributed by atoms with Gasteiger partial charge in [-0.1, -0.05) is 29.8 Å². The summed E-state index contributed by atoms with van der Waals surface area (Å²) >= 11 is 5.94. The second kappa shape index (κ2) is 9.80. The maximum atomic E-state index is 12.5. The average molecular weight is 403 g/mol. The van der Waals surface area contributed by atoms with Crippen molar-refractivity contribution in [2.75, 3.05) is 39.4 Å². The number of piperazine rings is 1. The van der Waals surface area contributed by atoms with Crippen molar-refractivity contribution in [2.24, 2.45) is 0 Å². The van der Waals surface area contributed by atoms with Gasteiger partial charge in [-0.25, -0.2) is 0 Å². The molecule has 0 radical (unpaired) electrons. The Hall–Kier alpha value is -2.24. The van der Waals surface area contributed by atoms with E-state index in [0.29, 0.717) is 31.2 Å². The van der Waals surface area contributed by atoms with Crippen LogP contribution >= 0.6 is 11.6 Å². The molecule has 1 amide bonds. The molecule has 5 nitrogen and oxygen atoms in total. The van der Waals surface area contributed by atoms with Crippen LogP contribution < -0.4 is 9.47 Å². The number of halogens is 1. The van der Waals surface area contributed by atoms with Crippen molar-refractivity contribution in [1.29, 1.82) is 0 Å². The highest BCUT2D eigenvalue weighted by Crippen LogP contribution is 2.28. The number of aryl methyl sites for hydroxylation is 1. The van der Waals surface area contributed by atoms with E-state index in [2.05, 4.69) is 4.90 Å². The number of carbonyl (C=O) groups is 1. The molecule has 3 rings (SSSR count). The zero-order valence-electron chi connectivity index (χ0n) is 16.5. The average Bonchev–Trinajstić information content (AvgIpc) is 2.70. The normalized spacial score (nSPS) is 14.8. The molecule has 2 aromatic rings. The van der Waals surface area contributed by atoms with Crippen LogP contribution in [0, 0.1) is 6.92 Å². The van der Waals surface area contributed by atoms with Gasteiger partial charge in [0.25, 0.3) is 5.91 Å². The molecule has 150 valence electrons. The quantitative estimate of drug-likeness (QED) is 0.707. The molecule has 0 saturated carbocycles. The van der Waals surface area contributed by atoms with Gasteiger partial charge in [0.1, 0.15) is 0 Å². The van der Waals surface area contributed by atoms with Crippen molar-refractivity contribution in [3.8, 4) is 11.5 Å². The van der Waals surface area contributed by atoms with Crippen LogP contribution in [-0.4, -0.2) is 55.1 Å². The van der Waals surface area contributed by atoms with Crippen LogP contribution in [0.3, 0.4) is 0 Å². The first-order chi connectivity index (χ1) is 13.5. The predicted octanol–water partition coefficient (Wildman–Crippen LogP) is 3.77. The summed E-state index contributed by atoms with van der Waals surface area (Å²) in [6.45, 7) is 8.51. The molecule has 1 fully saturated rings. The fourth-order valence-corrected chi connectivity index (χ4v) is 3.36. The van der Waals surface area contributed by atoms with E-state index in [4.69, 9.17) is 21.1 Å². The lowest BCUT2D eigenvalue weighted by molar-refractivity contribution is -0.135. The Morgan fingerprint density at radius 3 is 2.39 bits per heavy atom. The SMILES string of the molecule is CCOc1cc(C)ccc1OCC(=O)N1CCN(Cc2ccc(Cl)cc2)CC1. The molecule has 6 heteroatoms. The molecule has 0 atom stereocenters. The second-order valence-electron chi connectivity index (χ2n) is 6.96. The van der Waals surface area contributed by atoms with E-state index in [1.165, 1.54) is 5.56 Å². The lowest BCUT2D eigenvalue weighted by atomic mass is 10.2. The molecule has 0 N–H and O–H groups in total. The summed E-state index contributed by atoms with van der Waals surface area (Å²) in [5.41, 5.74) is 2.33. The summed E-state index contributed by atoms with van der Waals surface area (Å²) in [6, 6.07) is 13.7. The monoisotopic (exact) mass is 402 g/mol. The fourth-order valence-electron chi connectivity index (χ4n) is 3.24. The predicted molar refractivity (Wildman–Crippen MR) is 111 cm³/mol. The molecule has 0 aromatic heterocycles. The summed E-state index contributed by atoms with van der Waals surface area (Å²) in [5.74, 6) is 1.31. The summed E-state index contributed by atoms with van der Waals surface area (Å²) in [6.07, 6.45) is 0. The summed E-state index contributed by atoms with van der Waals surface area (Å²) in [7, 11) is 0. The van der Waals surface area contributed by atoms with Gasteiger partial charge >= 0.3 is 0 Å². The van der Waals surface area contributed by atoms with E-state index in [9.17, 15) is 4.79 Å². The van der Waals surface area contributed by atoms with Crippen molar-refractivity contribution in [1.82, 2.24) is 9.80 Å². The molecular weight excluding hydrogens is 376 g/mol. The van der Waals surface area contributed by atoms with Crippen LogP contribution in [0.25, 0.3) is 0 Å². The first kappa shape index (κ1) is 20.5. The van der Waals surface area contributed by atoms with Gasteiger partial charge in [0.05, 0.1) is 6.61 Å². The maximum absolute atomic E-state index is 12.5. The lowest BCUT2D eigenvalue weighted by Gasteiger charge is -2.34. The van der Waals surface area contributed by atoms with Gasteiger partial charge in [-0.2, -0.15) is 0 Å². The molecule has 1 heterocycles. The van der Waals surface area contributed by atoms with Gasteiger partial charge in [0.15, 0.2) is 18.1 Å². The molecular formula is C22H27ClN2O3. The van der Waals surface area contributed by atoms with Crippen molar-refractivity contribution in [3.63, 3.8) is 0 Å². The van der Waals surface area contributed by atoms with Crippen LogP contribution in [-0.2, 0) is 11.3 Å². The Morgan fingerprint density at radius 2 is 1.71 bits per heavy atom. The molecule has 28 heavy (non-hydrogen) atoms. The van der Waals surface area contributed by atoms with Crippen LogP contribution in [0.15, 0.2) is 42.5 Å². The van der Waals surface area contributed by atoms with E-state index in [0.717, 1.165) is 30.2 Å². The largest absolute Gasteiger partial charge is 0.490 e. The van der Waals surface area contributed by atoms with Crippen molar-refractivity contribution < 1.29 is 14.3 Å². The highest BCUT2D eigenvalue weighted by molar-refractivity contribution is 6.30. The number of nitrogens with zero attached hydrogens (tertiary/aromatic N) is 2. The van der Waals surface area contributed by atoms with Gasteiger partial charge in [-0.15, -0.1) is 0 Å². The number of amides is 1. The first-order valence-electron chi connectivity index (χ1n) is 9.66. The Labute approximate surface area is 171 Å². The number of carbonyl (C=O) groups excluding carboxylic acids is 1. The number of benzene rings is 2. The fraction of sp³-hybridized carbons (Fsp3) is 0.409. The van der Waals surface area contributed by atoms with Gasteiger partial charge in [0.2, 0.25) is 0 Å². The molecule has 2 aromatic carbocycles. The Bertz CT molecular complexity index is 787. The minimum Gasteiger partial charge on any atom is -0.490 e. The van der Waals surface area contributed by atoms with Gasteiger partial charge in [0, 0.05) is 37.7 Å². The van der Waals surface area contributed by atoms with Gasteiger partial charge in [-0.05, 0) is 49.2 Å². The van der Waals surface area contributed by atoms with E-state index in [1.54, 1.807) is 0 Å². The van der Waals surface area contributed by atoms with E-state index < -0.39 is 0 Å². The van der Waals surface area contributed by atoms with Crippen LogP contribution in [0.5, 0.6) is 11.5 Å². The Morgan fingerprint density at radius 1 is 1.00 bits per heavy atom. The highest BCUT2D eigenvalue weighted by Gasteiger charge is 2.21. The van der Waals surface area contributed by atoms with Crippen LogP contribution in [0.1, 0.15) is 18.1 Å². The Kier molecular flexibility index (Phi) is 7.18. The molecule has 0 aliphatic carbocycles. The minimum absolute atomic E-state index is 0.00849. The van der Waals surface area contributed by atoms with E-state index in [1.807, 2.05) is 61.2 Å². The first-order valence-corrected chi connectivity index (χ1v) is 10.0. The topological polar surface area (TPSA) is 42.0 Å². The third-order valence-corrected chi connectivity index (χ3v) is 5.05. The summed E-state index contributed by atoms with van der Waals surface area (Å²) < 4.78 is 11.4. The van der Waals surface area contributed by atoms with E-state index >= 15 is 0 Å². The van der Waals surface area contributed by atoms with Gasteiger partial charge in [-0.3, -0.25) is 9.69 Å². The third-order valence-electron chi connectivity index (χ3n) is 4.79. The molecule has 0 bridgehead atoms. The smallest absolute Gasteiger partial charge is 0.260 e. The molecule has 1 saturated heterocycles. The van der Waals surface area contributed by atoms with Crippen molar-refractivity contribution in [2.45, 2.75) is 20.4 Å². The van der Waals surface area contributed by atoms with Crippen molar-refractivity contribution >= 4 is 17.5 Å². The number of hydrogen-bond acceptors (Lipinski definition) is 4. The molecule has 0 unspecified atom stereocenters. The summed E-state index contributed by atoms with van der Waals surface area (Å²) in [4.78, 5) is 16.8. The summed E-state index contributed by atoms with van der Waals surface area (Å²) in [5, 5.41) is 0.750. The molecule has 1 aliphatic rings. The molecule has 1 aliphatic heterocycles. The lowest BCUT2D eigenvalue weighted by Crippen LogP contribution is -2.49. The third kappa shape index (κ3) is 5.63. The maximum Gasteiger partial charge on any atom is 0.260 e. The minimum atomic E-state index is 0.00849. The second-order valence-corrected chi connectivity index (χ2v) is 7.39. The number of hydrogen-bond donors (Lipinski definition) is 0. The van der Waals surface area contributed by atoms with Crippen LogP contribution in [0.4, 0.5) is 0 Å². The Balaban J connectivity index is 1.47. The molecule has 0 spiro atoms. The highest BCUT2D eigenvalue weighted by atomic mass is 35.5. The number of rotatable bonds is 7. The van der Waals surface area contributed by atoms with E-state index in [-0.39, 0.29) is 12.5 Å². The standard InChI is InChI=1S/C22H27ClN2O3/c1-3-27-21-14-17(2)4-9-20(21)28-16-22(26)25-12-10-24(11-13-25)15-18-5-7-19(23)8-6-18/h4-9,14H,3,10-13,15-16H2,1-2H3. The van der Waals surface area contributed by atoms with Gasteiger partial charge < -0.3 is 14.4 Å². The zero-order chi connectivity index (χ0) is 19.9. The zero-order valence-corrected chi connectivity index (χ0v) is 17.2. The van der Waals surface area contributed by atoms with Crippen molar-refractivity contribution in [3.05, 3.63) is 58.6 Å². The number of ether oxygens (including phenoxy) is 2. The van der Waals surface area contributed by atoms with Crippen LogP contribution in [0.2, 0.25) is 5.02 Å².